The number of hydrogen-bond donors (Lipinski definition) is 3. The SMILES string of the molecule is CC(C)OC(=O)C1CCC(CCNCO)N1. The molecule has 94 valence electrons. The van der Waals surface area contributed by atoms with Crippen LogP contribution in [-0.4, -0.2) is 42.5 Å². The van der Waals surface area contributed by atoms with E-state index in [0.29, 0.717) is 6.04 Å². The third-order valence-corrected chi connectivity index (χ3v) is 2.66. The van der Waals surface area contributed by atoms with Crippen LogP contribution >= 0.6 is 0 Å². The Hall–Kier alpha value is -0.650. The molecule has 0 radical (unpaired) electrons. The van der Waals surface area contributed by atoms with Crippen LogP contribution in [0.1, 0.15) is 33.1 Å². The summed E-state index contributed by atoms with van der Waals surface area (Å²) in [7, 11) is 0. The van der Waals surface area contributed by atoms with Crippen LogP contribution in [0.4, 0.5) is 0 Å². The minimum absolute atomic E-state index is 0.00550. The van der Waals surface area contributed by atoms with Gasteiger partial charge in [0.2, 0.25) is 0 Å². The summed E-state index contributed by atoms with van der Waals surface area (Å²) in [5.41, 5.74) is 0. The van der Waals surface area contributed by atoms with Gasteiger partial charge >= 0.3 is 5.97 Å². The average Bonchev–Trinajstić information content (AvgIpc) is 2.66. The van der Waals surface area contributed by atoms with Gasteiger partial charge in [-0.3, -0.25) is 10.1 Å². The van der Waals surface area contributed by atoms with Crippen molar-refractivity contribution in [2.75, 3.05) is 13.3 Å². The maximum atomic E-state index is 11.6. The zero-order valence-electron chi connectivity index (χ0n) is 10.0. The number of aliphatic hydroxyl groups is 1. The van der Waals surface area contributed by atoms with Gasteiger partial charge in [-0.15, -0.1) is 0 Å². The zero-order valence-corrected chi connectivity index (χ0v) is 10.0. The molecule has 5 nitrogen and oxygen atoms in total. The molecule has 1 heterocycles. The van der Waals surface area contributed by atoms with E-state index in [-0.39, 0.29) is 24.8 Å². The number of carbonyl (C=O) groups excluding carboxylic acids is 1. The fraction of sp³-hybridized carbons (Fsp3) is 0.909. The Bertz CT molecular complexity index is 221. The fourth-order valence-corrected chi connectivity index (χ4v) is 1.90. The quantitative estimate of drug-likeness (QED) is 0.340. The zero-order chi connectivity index (χ0) is 12.0. The standard InChI is InChI=1S/C11H22N2O3/c1-8(2)16-11(15)10-4-3-9(13-10)5-6-12-7-14/h8-10,12-14H,3-7H2,1-2H3. The monoisotopic (exact) mass is 230 g/mol. The molecule has 1 fully saturated rings. The Balaban J connectivity index is 2.21. The van der Waals surface area contributed by atoms with Crippen LogP contribution in [0.15, 0.2) is 0 Å². The highest BCUT2D eigenvalue weighted by molar-refractivity contribution is 5.76. The van der Waals surface area contributed by atoms with Crippen molar-refractivity contribution in [3.05, 3.63) is 0 Å². The predicted molar refractivity (Wildman–Crippen MR) is 60.9 cm³/mol. The van der Waals surface area contributed by atoms with Gasteiger partial charge in [-0.05, 0) is 39.7 Å². The number of carbonyl (C=O) groups is 1. The molecule has 0 aromatic heterocycles. The summed E-state index contributed by atoms with van der Waals surface area (Å²) in [6.07, 6.45) is 2.70. The summed E-state index contributed by atoms with van der Waals surface area (Å²) < 4.78 is 5.15. The highest BCUT2D eigenvalue weighted by Gasteiger charge is 2.30. The van der Waals surface area contributed by atoms with Crippen LogP contribution in [-0.2, 0) is 9.53 Å². The van der Waals surface area contributed by atoms with Crippen LogP contribution in [0.25, 0.3) is 0 Å². The molecule has 0 amide bonds. The first-order valence-electron chi connectivity index (χ1n) is 5.91. The molecule has 1 rings (SSSR count). The second-order valence-corrected chi connectivity index (χ2v) is 4.43. The van der Waals surface area contributed by atoms with Crippen LogP contribution in [0.3, 0.4) is 0 Å². The van der Waals surface area contributed by atoms with Crippen molar-refractivity contribution in [2.45, 2.75) is 51.3 Å². The molecule has 0 aromatic rings. The molecule has 0 aliphatic carbocycles. The third-order valence-electron chi connectivity index (χ3n) is 2.66. The van der Waals surface area contributed by atoms with Crippen molar-refractivity contribution in [3.8, 4) is 0 Å². The van der Waals surface area contributed by atoms with Crippen molar-refractivity contribution in [1.29, 1.82) is 0 Å². The minimum Gasteiger partial charge on any atom is -0.462 e. The molecule has 0 saturated carbocycles. The van der Waals surface area contributed by atoms with Gasteiger partial charge in [0.05, 0.1) is 12.8 Å². The minimum atomic E-state index is -0.151. The highest BCUT2D eigenvalue weighted by atomic mass is 16.5. The molecular weight excluding hydrogens is 208 g/mol. The van der Waals surface area contributed by atoms with Crippen LogP contribution in [0.5, 0.6) is 0 Å². The van der Waals surface area contributed by atoms with Gasteiger partial charge in [-0.25, -0.2) is 0 Å². The Morgan fingerprint density at radius 3 is 2.94 bits per heavy atom. The summed E-state index contributed by atoms with van der Waals surface area (Å²) in [4.78, 5) is 11.6. The summed E-state index contributed by atoms with van der Waals surface area (Å²) in [6, 6.07) is 0.199. The first-order chi connectivity index (χ1) is 7.63. The largest absolute Gasteiger partial charge is 0.462 e. The Morgan fingerprint density at radius 2 is 2.31 bits per heavy atom. The maximum Gasteiger partial charge on any atom is 0.323 e. The summed E-state index contributed by atoms with van der Waals surface area (Å²) in [5, 5.41) is 14.7. The number of esters is 1. The molecule has 1 aliphatic rings. The van der Waals surface area contributed by atoms with Crippen molar-refractivity contribution in [2.24, 2.45) is 0 Å². The van der Waals surface area contributed by atoms with E-state index in [2.05, 4.69) is 10.6 Å². The molecule has 1 aliphatic heterocycles. The summed E-state index contributed by atoms with van der Waals surface area (Å²) >= 11 is 0. The Morgan fingerprint density at radius 1 is 1.56 bits per heavy atom. The number of rotatable bonds is 6. The lowest BCUT2D eigenvalue weighted by Crippen LogP contribution is -2.38. The fourth-order valence-electron chi connectivity index (χ4n) is 1.90. The van der Waals surface area contributed by atoms with E-state index < -0.39 is 0 Å². The number of hydrogen-bond acceptors (Lipinski definition) is 5. The van der Waals surface area contributed by atoms with Crippen molar-refractivity contribution >= 4 is 5.97 Å². The van der Waals surface area contributed by atoms with E-state index in [1.807, 2.05) is 13.8 Å². The number of ether oxygens (including phenoxy) is 1. The molecule has 1 saturated heterocycles. The second-order valence-electron chi connectivity index (χ2n) is 4.43. The smallest absolute Gasteiger partial charge is 0.323 e. The van der Waals surface area contributed by atoms with Gasteiger partial charge in [0.15, 0.2) is 0 Å². The molecule has 16 heavy (non-hydrogen) atoms. The lowest BCUT2D eigenvalue weighted by molar-refractivity contribution is -0.149. The van der Waals surface area contributed by atoms with E-state index >= 15 is 0 Å². The first kappa shape index (κ1) is 13.4. The summed E-state index contributed by atoms with van der Waals surface area (Å²) in [5.74, 6) is -0.146. The van der Waals surface area contributed by atoms with Gasteiger partial charge in [0.1, 0.15) is 6.04 Å². The molecule has 3 N–H and O–H groups in total. The van der Waals surface area contributed by atoms with Gasteiger partial charge < -0.3 is 15.2 Å². The van der Waals surface area contributed by atoms with Crippen LogP contribution < -0.4 is 10.6 Å². The molecule has 2 atom stereocenters. The molecule has 5 heteroatoms. The van der Waals surface area contributed by atoms with E-state index in [1.54, 1.807) is 0 Å². The normalized spacial score (nSPS) is 25.0. The Labute approximate surface area is 96.6 Å². The predicted octanol–water partition coefficient (Wildman–Crippen LogP) is -0.0119. The van der Waals surface area contributed by atoms with Crippen molar-refractivity contribution < 1.29 is 14.6 Å². The van der Waals surface area contributed by atoms with E-state index in [4.69, 9.17) is 9.84 Å². The lowest BCUT2D eigenvalue weighted by Gasteiger charge is -2.15. The van der Waals surface area contributed by atoms with E-state index in [0.717, 1.165) is 25.8 Å². The molecular formula is C11H22N2O3. The maximum absolute atomic E-state index is 11.6. The van der Waals surface area contributed by atoms with E-state index in [1.165, 1.54) is 0 Å². The molecule has 0 aromatic carbocycles. The third kappa shape index (κ3) is 4.47. The van der Waals surface area contributed by atoms with Crippen molar-refractivity contribution in [1.82, 2.24) is 10.6 Å². The Kier molecular flexibility index (Phi) is 5.73. The summed E-state index contributed by atoms with van der Waals surface area (Å²) in [6.45, 7) is 4.48. The molecule has 0 bridgehead atoms. The number of nitrogens with one attached hydrogen (secondary N) is 2. The average molecular weight is 230 g/mol. The van der Waals surface area contributed by atoms with E-state index in [9.17, 15) is 4.79 Å². The van der Waals surface area contributed by atoms with Crippen LogP contribution in [0.2, 0.25) is 0 Å². The van der Waals surface area contributed by atoms with Crippen LogP contribution in [0, 0.1) is 0 Å². The topological polar surface area (TPSA) is 70.6 Å². The van der Waals surface area contributed by atoms with Crippen molar-refractivity contribution in [3.63, 3.8) is 0 Å². The lowest BCUT2D eigenvalue weighted by atomic mass is 10.1. The van der Waals surface area contributed by atoms with Gasteiger partial charge in [0, 0.05) is 6.04 Å². The second kappa shape index (κ2) is 6.83. The highest BCUT2D eigenvalue weighted by Crippen LogP contribution is 2.16. The van der Waals surface area contributed by atoms with Gasteiger partial charge in [0.25, 0.3) is 0 Å². The molecule has 0 spiro atoms. The van der Waals surface area contributed by atoms with Gasteiger partial charge in [-0.2, -0.15) is 0 Å². The number of aliphatic hydroxyl groups excluding tert-OH is 1. The van der Waals surface area contributed by atoms with Gasteiger partial charge in [-0.1, -0.05) is 0 Å². The first-order valence-corrected chi connectivity index (χ1v) is 5.91. The molecule has 2 unspecified atom stereocenters.